The Hall–Kier alpha value is -3.16. The molecule has 0 spiro atoms. The monoisotopic (exact) mass is 441 g/mol. The Bertz CT molecular complexity index is 698. The highest BCUT2D eigenvalue weighted by Gasteiger charge is 2.50. The van der Waals surface area contributed by atoms with Gasteiger partial charge in [0.05, 0.1) is 19.8 Å². The van der Waals surface area contributed by atoms with Gasteiger partial charge in [0.15, 0.2) is 0 Å². The maximum absolute atomic E-state index is 12.6. The molecular formula is C20H31N3O8. The highest BCUT2D eigenvalue weighted by atomic mass is 16.6. The lowest BCUT2D eigenvalue weighted by atomic mass is 9.88. The van der Waals surface area contributed by atoms with Crippen LogP contribution in [-0.2, 0) is 38.2 Å². The molecular weight excluding hydrogens is 410 g/mol. The number of ether oxygens (including phenoxy) is 3. The predicted molar refractivity (Wildman–Crippen MR) is 107 cm³/mol. The number of rotatable bonds is 13. The molecule has 0 radical (unpaired) electrons. The Morgan fingerprint density at radius 1 is 0.742 bits per heavy atom. The van der Waals surface area contributed by atoms with Gasteiger partial charge in [-0.2, -0.15) is 5.26 Å². The van der Waals surface area contributed by atoms with Crippen molar-refractivity contribution >= 4 is 29.7 Å². The van der Waals surface area contributed by atoms with E-state index in [-0.39, 0.29) is 45.5 Å². The van der Waals surface area contributed by atoms with Crippen molar-refractivity contribution in [1.29, 1.82) is 5.26 Å². The SMILES string of the molecule is CCOC(=O)C(C#N)(CCCCC(NC(C)=O)(C(=O)OCC)C(=O)OCC)NC(C)=O. The minimum absolute atomic E-state index is 0.0131. The van der Waals surface area contributed by atoms with E-state index in [9.17, 15) is 29.2 Å². The van der Waals surface area contributed by atoms with Crippen LogP contribution in [0.25, 0.3) is 0 Å². The summed E-state index contributed by atoms with van der Waals surface area (Å²) in [4.78, 5) is 60.7. The van der Waals surface area contributed by atoms with Crippen molar-refractivity contribution in [3.8, 4) is 6.07 Å². The zero-order valence-electron chi connectivity index (χ0n) is 18.7. The molecule has 0 fully saturated rings. The Kier molecular flexibility index (Phi) is 11.9. The fourth-order valence-electron chi connectivity index (χ4n) is 2.94. The Morgan fingerprint density at radius 3 is 1.55 bits per heavy atom. The molecule has 174 valence electrons. The summed E-state index contributed by atoms with van der Waals surface area (Å²) in [5, 5.41) is 14.2. The number of nitrogens with one attached hydrogen (secondary N) is 2. The van der Waals surface area contributed by atoms with Crippen LogP contribution in [0.15, 0.2) is 0 Å². The fraction of sp³-hybridized carbons (Fsp3) is 0.700. The van der Waals surface area contributed by atoms with E-state index in [0.29, 0.717) is 0 Å². The second-order valence-electron chi connectivity index (χ2n) is 6.65. The van der Waals surface area contributed by atoms with Crippen molar-refractivity contribution in [2.45, 2.75) is 71.4 Å². The summed E-state index contributed by atoms with van der Waals surface area (Å²) in [7, 11) is 0. The standard InChI is InChI=1S/C20H31N3O8/c1-6-29-16(26)19(13-21,22-14(4)24)11-9-10-12-20(23-15(5)25,17(27)30-7-2)18(28)31-8-3/h6-12H2,1-5H3,(H,22,24)(H,23,25). The first kappa shape index (κ1) is 27.8. The van der Waals surface area contributed by atoms with Crippen LogP contribution in [0.4, 0.5) is 0 Å². The summed E-state index contributed by atoms with van der Waals surface area (Å²) in [6, 6.07) is 1.79. The van der Waals surface area contributed by atoms with E-state index >= 15 is 0 Å². The third kappa shape index (κ3) is 7.88. The van der Waals surface area contributed by atoms with Gasteiger partial charge in [-0.25, -0.2) is 14.4 Å². The first-order chi connectivity index (χ1) is 14.5. The summed E-state index contributed by atoms with van der Waals surface area (Å²) in [5.74, 6) is -4.08. The molecule has 0 aliphatic rings. The van der Waals surface area contributed by atoms with Gasteiger partial charge in [-0.3, -0.25) is 9.59 Å². The van der Waals surface area contributed by atoms with Gasteiger partial charge in [0.25, 0.3) is 0 Å². The average Bonchev–Trinajstić information content (AvgIpc) is 2.69. The van der Waals surface area contributed by atoms with E-state index < -0.39 is 40.8 Å². The molecule has 31 heavy (non-hydrogen) atoms. The highest BCUT2D eigenvalue weighted by Crippen LogP contribution is 2.23. The normalized spacial score (nSPS) is 12.5. The van der Waals surface area contributed by atoms with Gasteiger partial charge >= 0.3 is 17.9 Å². The molecule has 0 aliphatic heterocycles. The second kappa shape index (κ2) is 13.2. The topological polar surface area (TPSA) is 161 Å². The molecule has 0 aliphatic carbocycles. The third-order valence-corrected chi connectivity index (χ3v) is 4.19. The van der Waals surface area contributed by atoms with Crippen molar-refractivity contribution in [2.24, 2.45) is 0 Å². The number of nitriles is 1. The second-order valence-corrected chi connectivity index (χ2v) is 6.65. The summed E-state index contributed by atoms with van der Waals surface area (Å²) >= 11 is 0. The van der Waals surface area contributed by atoms with E-state index in [1.807, 2.05) is 0 Å². The number of amides is 2. The highest BCUT2D eigenvalue weighted by molar-refractivity contribution is 6.07. The lowest BCUT2D eigenvalue weighted by molar-refractivity contribution is -0.168. The molecule has 0 rings (SSSR count). The molecule has 2 N–H and O–H groups in total. The quantitative estimate of drug-likeness (QED) is 0.179. The first-order valence-corrected chi connectivity index (χ1v) is 10.1. The van der Waals surface area contributed by atoms with Crippen LogP contribution in [0.5, 0.6) is 0 Å². The van der Waals surface area contributed by atoms with Crippen LogP contribution in [0.2, 0.25) is 0 Å². The van der Waals surface area contributed by atoms with Gasteiger partial charge in [0.2, 0.25) is 22.9 Å². The van der Waals surface area contributed by atoms with Crippen molar-refractivity contribution < 1.29 is 38.2 Å². The molecule has 1 unspecified atom stereocenters. The molecule has 0 saturated carbocycles. The van der Waals surface area contributed by atoms with Gasteiger partial charge in [0, 0.05) is 13.8 Å². The number of carbonyl (C=O) groups excluding carboxylic acids is 5. The van der Waals surface area contributed by atoms with Gasteiger partial charge in [0.1, 0.15) is 6.07 Å². The van der Waals surface area contributed by atoms with Crippen LogP contribution >= 0.6 is 0 Å². The molecule has 2 amide bonds. The molecule has 11 nitrogen and oxygen atoms in total. The maximum Gasteiger partial charge on any atom is 0.346 e. The minimum Gasteiger partial charge on any atom is -0.464 e. The van der Waals surface area contributed by atoms with Gasteiger partial charge in [-0.1, -0.05) is 0 Å². The van der Waals surface area contributed by atoms with Gasteiger partial charge < -0.3 is 24.8 Å². The number of carbonyl (C=O) groups is 5. The number of hydrogen-bond acceptors (Lipinski definition) is 9. The number of esters is 3. The third-order valence-electron chi connectivity index (χ3n) is 4.19. The van der Waals surface area contributed by atoms with Crippen LogP contribution in [-0.4, -0.2) is 60.6 Å². The van der Waals surface area contributed by atoms with Crippen LogP contribution in [0, 0.1) is 11.3 Å². The number of hydrogen-bond donors (Lipinski definition) is 2. The molecule has 0 aromatic heterocycles. The van der Waals surface area contributed by atoms with Crippen LogP contribution in [0.1, 0.15) is 60.3 Å². The largest absolute Gasteiger partial charge is 0.464 e. The van der Waals surface area contributed by atoms with Crippen LogP contribution < -0.4 is 10.6 Å². The number of nitrogens with zero attached hydrogens (tertiary/aromatic N) is 1. The fourth-order valence-corrected chi connectivity index (χ4v) is 2.94. The molecule has 0 bridgehead atoms. The first-order valence-electron chi connectivity index (χ1n) is 10.1. The molecule has 0 saturated heterocycles. The zero-order valence-corrected chi connectivity index (χ0v) is 18.7. The van der Waals surface area contributed by atoms with Gasteiger partial charge in [-0.05, 0) is 46.5 Å². The Balaban J connectivity index is 5.65. The predicted octanol–water partition coefficient (Wildman–Crippen LogP) is 0.509. The Morgan fingerprint density at radius 2 is 1.16 bits per heavy atom. The zero-order chi connectivity index (χ0) is 24.1. The summed E-state index contributed by atoms with van der Waals surface area (Å²) < 4.78 is 14.9. The van der Waals surface area contributed by atoms with Crippen molar-refractivity contribution in [1.82, 2.24) is 10.6 Å². The van der Waals surface area contributed by atoms with Crippen molar-refractivity contribution in [3.05, 3.63) is 0 Å². The van der Waals surface area contributed by atoms with Crippen LogP contribution in [0.3, 0.4) is 0 Å². The van der Waals surface area contributed by atoms with Crippen molar-refractivity contribution in [2.75, 3.05) is 19.8 Å². The summed E-state index contributed by atoms with van der Waals surface area (Å²) in [6.07, 6.45) is -0.0918. The summed E-state index contributed by atoms with van der Waals surface area (Å²) in [5.41, 5.74) is -3.97. The van der Waals surface area contributed by atoms with Gasteiger partial charge in [-0.15, -0.1) is 0 Å². The van der Waals surface area contributed by atoms with E-state index in [1.54, 1.807) is 26.8 Å². The molecule has 0 heterocycles. The maximum atomic E-state index is 12.6. The number of unbranched alkanes of at least 4 members (excludes halogenated alkanes) is 1. The molecule has 0 aromatic carbocycles. The lowest BCUT2D eigenvalue weighted by Crippen LogP contribution is -2.61. The van der Waals surface area contributed by atoms with E-state index in [1.165, 1.54) is 0 Å². The van der Waals surface area contributed by atoms with E-state index in [4.69, 9.17) is 14.2 Å². The van der Waals surface area contributed by atoms with Crippen molar-refractivity contribution in [3.63, 3.8) is 0 Å². The lowest BCUT2D eigenvalue weighted by Gasteiger charge is -2.30. The van der Waals surface area contributed by atoms with E-state index in [2.05, 4.69) is 10.6 Å². The molecule has 0 aromatic rings. The smallest absolute Gasteiger partial charge is 0.346 e. The minimum atomic E-state index is -2.06. The van der Waals surface area contributed by atoms with E-state index in [0.717, 1.165) is 13.8 Å². The molecule has 1 atom stereocenters. The summed E-state index contributed by atoms with van der Waals surface area (Å²) in [6.45, 7) is 6.93. The molecule has 11 heteroatoms. The average molecular weight is 441 g/mol. The Labute approximate surface area is 181 Å².